The van der Waals surface area contributed by atoms with Crippen molar-refractivity contribution in [2.75, 3.05) is 19.6 Å². The molecular weight excluding hydrogens is 232 g/mol. The van der Waals surface area contributed by atoms with Gasteiger partial charge in [-0.15, -0.1) is 0 Å². The third kappa shape index (κ3) is 5.17. The lowest BCUT2D eigenvalue weighted by Crippen LogP contribution is -2.49. The van der Waals surface area contributed by atoms with Crippen LogP contribution in [0.15, 0.2) is 35.3 Å². The Balaban J connectivity index is 2.67. The minimum atomic E-state index is -0.752. The number of hydrogen-bond donors (Lipinski definition) is 3. The van der Waals surface area contributed by atoms with Gasteiger partial charge in [0, 0.05) is 26.1 Å². The molecule has 5 N–H and O–H groups in total. The van der Waals surface area contributed by atoms with E-state index in [1.54, 1.807) is 0 Å². The molecule has 0 aliphatic rings. The molecule has 1 rings (SSSR count). The maximum absolute atomic E-state index is 6.18. The zero-order valence-electron chi connectivity index (χ0n) is 9.73. The predicted octanol–water partition coefficient (Wildman–Crippen LogP) is 0.535. The van der Waals surface area contributed by atoms with Gasteiger partial charge in [0.05, 0.1) is 5.16 Å². The van der Waals surface area contributed by atoms with E-state index < -0.39 is 5.66 Å². The maximum Gasteiger partial charge on any atom is 0.135 e. The molecule has 0 saturated heterocycles. The summed E-state index contributed by atoms with van der Waals surface area (Å²) in [5.41, 5.74) is 12.0. The summed E-state index contributed by atoms with van der Waals surface area (Å²) in [6, 6.07) is 9.96. The van der Waals surface area contributed by atoms with Crippen molar-refractivity contribution in [2.24, 2.45) is 16.5 Å². The van der Waals surface area contributed by atoms with E-state index in [4.69, 9.17) is 11.5 Å². The Hall–Kier alpha value is -1.10. The molecule has 17 heavy (non-hydrogen) atoms. The Labute approximate surface area is 107 Å². The van der Waals surface area contributed by atoms with Gasteiger partial charge in [-0.1, -0.05) is 30.3 Å². The fraction of sp³-hybridized carbons (Fsp3) is 0.417. The SMILES string of the molecule is NCCNCC(N)(Cc1ccccc1)N=C=S. The van der Waals surface area contributed by atoms with E-state index in [1.165, 1.54) is 0 Å². The van der Waals surface area contributed by atoms with E-state index in [0.29, 0.717) is 26.1 Å². The van der Waals surface area contributed by atoms with Gasteiger partial charge in [-0.25, -0.2) is 4.99 Å². The Morgan fingerprint density at radius 1 is 1.35 bits per heavy atom. The summed E-state index contributed by atoms with van der Waals surface area (Å²) in [6.07, 6.45) is 0.620. The highest BCUT2D eigenvalue weighted by molar-refractivity contribution is 7.78. The molecule has 0 aromatic heterocycles. The quantitative estimate of drug-likeness (QED) is 0.375. The summed E-state index contributed by atoms with van der Waals surface area (Å²) in [5, 5.41) is 5.52. The number of nitrogens with two attached hydrogens (primary N) is 2. The number of aliphatic imine (C=N–C) groups is 1. The molecule has 1 aromatic carbocycles. The Kier molecular flexibility index (Phi) is 5.97. The first-order valence-corrected chi connectivity index (χ1v) is 5.93. The van der Waals surface area contributed by atoms with Gasteiger partial charge in [-0.3, -0.25) is 0 Å². The lowest BCUT2D eigenvalue weighted by atomic mass is 10.0. The standard InChI is InChI=1S/C12H18N4S/c13-6-7-15-9-12(14,16-10-17)8-11-4-2-1-3-5-11/h1-5,15H,6-9,13-14H2. The topological polar surface area (TPSA) is 76.4 Å². The van der Waals surface area contributed by atoms with E-state index in [9.17, 15) is 0 Å². The van der Waals surface area contributed by atoms with Crippen LogP contribution >= 0.6 is 12.2 Å². The van der Waals surface area contributed by atoms with Gasteiger partial charge in [0.1, 0.15) is 5.66 Å². The van der Waals surface area contributed by atoms with Crippen molar-refractivity contribution in [1.29, 1.82) is 0 Å². The average molecular weight is 250 g/mol. The van der Waals surface area contributed by atoms with Crippen molar-refractivity contribution in [1.82, 2.24) is 5.32 Å². The van der Waals surface area contributed by atoms with Gasteiger partial charge in [0.2, 0.25) is 0 Å². The fourth-order valence-corrected chi connectivity index (χ4v) is 1.77. The highest BCUT2D eigenvalue weighted by Crippen LogP contribution is 2.11. The molecular formula is C12H18N4S. The molecule has 0 heterocycles. The van der Waals surface area contributed by atoms with Crippen LogP contribution in [0, 0.1) is 0 Å². The van der Waals surface area contributed by atoms with Gasteiger partial charge in [-0.05, 0) is 17.8 Å². The van der Waals surface area contributed by atoms with E-state index in [1.807, 2.05) is 30.3 Å². The second-order valence-corrected chi connectivity index (χ2v) is 4.12. The Bertz CT molecular complexity index is 375. The highest BCUT2D eigenvalue weighted by Gasteiger charge is 2.23. The molecule has 1 unspecified atom stereocenters. The molecule has 1 aromatic rings. The number of thiocarbonyl (C=S) groups is 1. The average Bonchev–Trinajstić information content (AvgIpc) is 2.31. The van der Waals surface area contributed by atoms with Crippen LogP contribution in [0.1, 0.15) is 5.56 Å². The molecule has 0 saturated carbocycles. The number of hydrogen-bond acceptors (Lipinski definition) is 5. The van der Waals surface area contributed by atoms with Crippen molar-refractivity contribution < 1.29 is 0 Å². The summed E-state index contributed by atoms with van der Waals surface area (Å²) in [5.74, 6) is 0. The maximum atomic E-state index is 6.18. The van der Waals surface area contributed by atoms with Crippen LogP contribution in [0.5, 0.6) is 0 Å². The third-order valence-electron chi connectivity index (χ3n) is 2.37. The number of rotatable bonds is 7. The summed E-state index contributed by atoms with van der Waals surface area (Å²) in [4.78, 5) is 4.06. The van der Waals surface area contributed by atoms with Crippen molar-refractivity contribution >= 4 is 17.4 Å². The number of benzene rings is 1. The summed E-state index contributed by atoms with van der Waals surface area (Å²) in [7, 11) is 0. The van der Waals surface area contributed by atoms with E-state index in [-0.39, 0.29) is 0 Å². The van der Waals surface area contributed by atoms with Gasteiger partial charge in [0.25, 0.3) is 0 Å². The molecule has 0 bridgehead atoms. The van der Waals surface area contributed by atoms with Crippen molar-refractivity contribution in [3.05, 3.63) is 35.9 Å². The molecule has 92 valence electrons. The minimum Gasteiger partial charge on any atom is -0.329 e. The zero-order valence-corrected chi connectivity index (χ0v) is 10.5. The number of nitrogens with one attached hydrogen (secondary N) is 1. The van der Waals surface area contributed by atoms with Gasteiger partial charge in [0.15, 0.2) is 0 Å². The normalized spacial score (nSPS) is 13.8. The molecule has 1 atom stereocenters. The first kappa shape index (κ1) is 14.0. The summed E-state index contributed by atoms with van der Waals surface area (Å²) < 4.78 is 0. The van der Waals surface area contributed by atoms with Crippen molar-refractivity contribution in [3.8, 4) is 0 Å². The van der Waals surface area contributed by atoms with Crippen LogP contribution in [0.25, 0.3) is 0 Å². The van der Waals surface area contributed by atoms with E-state index in [0.717, 1.165) is 5.56 Å². The van der Waals surface area contributed by atoms with Crippen LogP contribution < -0.4 is 16.8 Å². The lowest BCUT2D eigenvalue weighted by Gasteiger charge is -2.24. The lowest BCUT2D eigenvalue weighted by molar-refractivity contribution is 0.413. The van der Waals surface area contributed by atoms with Crippen molar-refractivity contribution in [3.63, 3.8) is 0 Å². The monoisotopic (exact) mass is 250 g/mol. The zero-order chi connectivity index (χ0) is 12.6. The van der Waals surface area contributed by atoms with Gasteiger partial charge >= 0.3 is 0 Å². The number of nitrogens with zero attached hydrogens (tertiary/aromatic N) is 1. The fourth-order valence-electron chi connectivity index (χ4n) is 1.59. The van der Waals surface area contributed by atoms with Crippen LogP contribution in [0.4, 0.5) is 0 Å². The summed E-state index contributed by atoms with van der Waals surface area (Å²) in [6.45, 7) is 1.81. The number of isothiocyanates is 1. The molecule has 0 fully saturated rings. The molecule has 4 nitrogen and oxygen atoms in total. The Morgan fingerprint density at radius 2 is 2.06 bits per heavy atom. The highest BCUT2D eigenvalue weighted by atomic mass is 32.1. The molecule has 0 spiro atoms. The molecule has 0 radical (unpaired) electrons. The largest absolute Gasteiger partial charge is 0.329 e. The second-order valence-electron chi connectivity index (χ2n) is 3.93. The van der Waals surface area contributed by atoms with E-state index >= 15 is 0 Å². The third-order valence-corrected chi connectivity index (χ3v) is 2.46. The van der Waals surface area contributed by atoms with Crippen molar-refractivity contribution in [2.45, 2.75) is 12.1 Å². The summed E-state index contributed by atoms with van der Waals surface area (Å²) >= 11 is 4.65. The first-order valence-electron chi connectivity index (χ1n) is 5.53. The van der Waals surface area contributed by atoms with Crippen LogP contribution in [-0.4, -0.2) is 30.5 Å². The van der Waals surface area contributed by atoms with Gasteiger partial charge in [-0.2, -0.15) is 0 Å². The molecule has 5 heteroatoms. The van der Waals surface area contributed by atoms with Crippen LogP contribution in [-0.2, 0) is 6.42 Å². The second kappa shape index (κ2) is 7.27. The predicted molar refractivity (Wildman–Crippen MR) is 74.0 cm³/mol. The molecule has 0 aliphatic heterocycles. The van der Waals surface area contributed by atoms with E-state index in [2.05, 4.69) is 27.7 Å². The first-order chi connectivity index (χ1) is 8.20. The van der Waals surface area contributed by atoms with Gasteiger partial charge < -0.3 is 16.8 Å². The van der Waals surface area contributed by atoms with Crippen LogP contribution in [0.3, 0.4) is 0 Å². The molecule has 0 aliphatic carbocycles. The Morgan fingerprint density at radius 3 is 2.65 bits per heavy atom. The molecule has 0 amide bonds. The van der Waals surface area contributed by atoms with Crippen LogP contribution in [0.2, 0.25) is 0 Å². The smallest absolute Gasteiger partial charge is 0.135 e. The minimum absolute atomic E-state index is 0.530.